The normalized spacial score (nSPS) is 11.9. The van der Waals surface area contributed by atoms with Crippen molar-refractivity contribution in [3.63, 3.8) is 0 Å². The first-order chi connectivity index (χ1) is 11.5. The molecular formula is C16H13ClN2O5. The number of nitrogens with one attached hydrogen (secondary N) is 1. The first kappa shape index (κ1) is 15.9. The van der Waals surface area contributed by atoms with Crippen molar-refractivity contribution < 1.29 is 23.8 Å². The molecule has 0 radical (unpaired) electrons. The lowest BCUT2D eigenvalue weighted by Crippen LogP contribution is -2.19. The average molecular weight is 349 g/mol. The van der Waals surface area contributed by atoms with E-state index < -0.39 is 12.0 Å². The fourth-order valence-corrected chi connectivity index (χ4v) is 2.46. The SMILES string of the molecule is NC(=O)Nc1ccc(C(=O)OCc2cc(Cl)c3c(c2)OCO3)cc1. The van der Waals surface area contributed by atoms with E-state index in [2.05, 4.69) is 5.32 Å². The molecule has 7 nitrogen and oxygen atoms in total. The number of ether oxygens (including phenoxy) is 3. The number of rotatable bonds is 4. The van der Waals surface area contributed by atoms with E-state index in [9.17, 15) is 9.59 Å². The van der Waals surface area contributed by atoms with Crippen molar-refractivity contribution in [2.24, 2.45) is 5.73 Å². The number of nitrogens with two attached hydrogens (primary N) is 1. The lowest BCUT2D eigenvalue weighted by molar-refractivity contribution is 0.0472. The molecule has 0 fully saturated rings. The number of carbonyl (C=O) groups is 2. The molecule has 2 aromatic rings. The largest absolute Gasteiger partial charge is 0.457 e. The van der Waals surface area contributed by atoms with E-state index in [0.717, 1.165) is 0 Å². The summed E-state index contributed by atoms with van der Waals surface area (Å²) < 4.78 is 15.7. The van der Waals surface area contributed by atoms with Crippen LogP contribution in [0.3, 0.4) is 0 Å². The zero-order valence-corrected chi connectivity index (χ0v) is 13.1. The summed E-state index contributed by atoms with van der Waals surface area (Å²) in [5, 5.41) is 2.81. The van der Waals surface area contributed by atoms with Crippen LogP contribution in [0, 0.1) is 0 Å². The van der Waals surface area contributed by atoms with Crippen molar-refractivity contribution in [1.82, 2.24) is 0 Å². The maximum absolute atomic E-state index is 12.0. The molecule has 3 rings (SSSR count). The molecule has 1 aliphatic rings. The molecular weight excluding hydrogens is 336 g/mol. The number of amides is 2. The minimum Gasteiger partial charge on any atom is -0.457 e. The van der Waals surface area contributed by atoms with Crippen LogP contribution in [0.2, 0.25) is 5.02 Å². The zero-order valence-electron chi connectivity index (χ0n) is 12.4. The van der Waals surface area contributed by atoms with E-state index in [1.54, 1.807) is 24.3 Å². The van der Waals surface area contributed by atoms with Gasteiger partial charge in [-0.25, -0.2) is 9.59 Å². The van der Waals surface area contributed by atoms with E-state index in [4.69, 9.17) is 31.5 Å². The topological polar surface area (TPSA) is 99.9 Å². The Morgan fingerprint density at radius 3 is 2.67 bits per heavy atom. The Bertz CT molecular complexity index is 792. The van der Waals surface area contributed by atoms with Gasteiger partial charge >= 0.3 is 12.0 Å². The summed E-state index contributed by atoms with van der Waals surface area (Å²) in [6, 6.07) is 8.85. The third kappa shape index (κ3) is 3.52. The third-order valence-electron chi connectivity index (χ3n) is 3.25. The fraction of sp³-hybridized carbons (Fsp3) is 0.125. The molecule has 8 heteroatoms. The minimum atomic E-state index is -0.676. The first-order valence-corrected chi connectivity index (χ1v) is 7.32. The van der Waals surface area contributed by atoms with Gasteiger partial charge in [0.05, 0.1) is 10.6 Å². The Morgan fingerprint density at radius 1 is 1.21 bits per heavy atom. The van der Waals surface area contributed by atoms with Gasteiger partial charge in [0.2, 0.25) is 6.79 Å². The van der Waals surface area contributed by atoms with Gasteiger partial charge in [-0.15, -0.1) is 0 Å². The predicted octanol–water partition coefficient (Wildman–Crippen LogP) is 2.92. The molecule has 2 amide bonds. The van der Waals surface area contributed by atoms with Crippen molar-refractivity contribution in [2.45, 2.75) is 6.61 Å². The highest BCUT2D eigenvalue weighted by molar-refractivity contribution is 6.32. The highest BCUT2D eigenvalue weighted by atomic mass is 35.5. The van der Waals surface area contributed by atoms with Gasteiger partial charge in [0.15, 0.2) is 11.5 Å². The molecule has 1 aliphatic heterocycles. The van der Waals surface area contributed by atoms with Gasteiger partial charge in [-0.1, -0.05) is 11.6 Å². The second-order valence-electron chi connectivity index (χ2n) is 4.95. The Labute approximate surface area is 142 Å². The van der Waals surface area contributed by atoms with Crippen molar-refractivity contribution in [3.05, 3.63) is 52.5 Å². The van der Waals surface area contributed by atoms with Crippen LogP contribution in [-0.2, 0) is 11.3 Å². The van der Waals surface area contributed by atoms with Crippen molar-refractivity contribution in [2.75, 3.05) is 12.1 Å². The summed E-state index contributed by atoms with van der Waals surface area (Å²) >= 11 is 6.08. The number of primary amides is 1. The Hall–Kier alpha value is -2.93. The summed E-state index contributed by atoms with van der Waals surface area (Å²) in [5.41, 5.74) is 6.53. The van der Waals surface area contributed by atoms with Crippen LogP contribution in [0.5, 0.6) is 11.5 Å². The van der Waals surface area contributed by atoms with Gasteiger partial charge in [0.25, 0.3) is 0 Å². The van der Waals surface area contributed by atoms with Crippen molar-refractivity contribution in [3.8, 4) is 11.5 Å². The lowest BCUT2D eigenvalue weighted by atomic mass is 10.2. The molecule has 0 spiro atoms. The molecule has 124 valence electrons. The van der Waals surface area contributed by atoms with Crippen LogP contribution >= 0.6 is 11.6 Å². The standard InChI is InChI=1S/C16H13ClN2O5/c17-12-5-9(6-13-14(12)24-8-23-13)7-22-15(20)10-1-3-11(4-2-10)19-16(18)21/h1-6H,7-8H2,(H3,18,19,21). The summed E-state index contributed by atoms with van der Waals surface area (Å²) in [6.45, 7) is 0.153. The first-order valence-electron chi connectivity index (χ1n) is 6.94. The van der Waals surface area contributed by atoms with E-state index in [-0.39, 0.29) is 13.4 Å². The number of esters is 1. The molecule has 0 unspecified atom stereocenters. The summed E-state index contributed by atoms with van der Waals surface area (Å²) in [5.74, 6) is 0.508. The van der Waals surface area contributed by atoms with Crippen LogP contribution in [0.15, 0.2) is 36.4 Å². The molecule has 0 saturated heterocycles. The Kier molecular flexibility index (Phi) is 4.43. The lowest BCUT2D eigenvalue weighted by Gasteiger charge is -2.08. The molecule has 0 aliphatic carbocycles. The van der Waals surface area contributed by atoms with Crippen molar-refractivity contribution in [1.29, 1.82) is 0 Å². The smallest absolute Gasteiger partial charge is 0.338 e. The zero-order chi connectivity index (χ0) is 17.1. The van der Waals surface area contributed by atoms with Gasteiger partial charge in [-0.3, -0.25) is 0 Å². The average Bonchev–Trinajstić information content (AvgIpc) is 3.02. The van der Waals surface area contributed by atoms with E-state index in [1.807, 2.05) is 0 Å². The maximum Gasteiger partial charge on any atom is 0.338 e. The number of benzene rings is 2. The molecule has 0 saturated carbocycles. The highest BCUT2D eigenvalue weighted by Crippen LogP contribution is 2.39. The summed E-state index contributed by atoms with van der Waals surface area (Å²) in [4.78, 5) is 22.8. The van der Waals surface area contributed by atoms with Crippen LogP contribution in [0.4, 0.5) is 10.5 Å². The van der Waals surface area contributed by atoms with Gasteiger partial charge in [0.1, 0.15) is 6.61 Å². The Balaban J connectivity index is 1.63. The monoisotopic (exact) mass is 348 g/mol. The number of hydrogen-bond donors (Lipinski definition) is 2. The molecule has 0 atom stereocenters. The van der Waals surface area contributed by atoms with Crippen LogP contribution in [0.25, 0.3) is 0 Å². The van der Waals surface area contributed by atoms with Gasteiger partial charge in [0, 0.05) is 5.69 Å². The molecule has 0 bridgehead atoms. The predicted molar refractivity (Wildman–Crippen MR) is 86.3 cm³/mol. The quantitative estimate of drug-likeness (QED) is 0.827. The number of urea groups is 1. The highest BCUT2D eigenvalue weighted by Gasteiger charge is 2.19. The molecule has 24 heavy (non-hydrogen) atoms. The maximum atomic E-state index is 12.0. The number of halogens is 1. The van der Waals surface area contributed by atoms with Crippen molar-refractivity contribution >= 4 is 29.3 Å². The second kappa shape index (κ2) is 6.67. The second-order valence-corrected chi connectivity index (χ2v) is 5.36. The van der Waals surface area contributed by atoms with Gasteiger partial charge in [-0.2, -0.15) is 0 Å². The summed E-state index contributed by atoms with van der Waals surface area (Å²) in [7, 11) is 0. The number of hydrogen-bond acceptors (Lipinski definition) is 5. The molecule has 0 aromatic heterocycles. The minimum absolute atomic E-state index is 0.0382. The number of carbonyl (C=O) groups excluding carboxylic acids is 2. The van der Waals surface area contributed by atoms with Gasteiger partial charge < -0.3 is 25.3 Å². The van der Waals surface area contributed by atoms with E-state index in [0.29, 0.717) is 33.3 Å². The Morgan fingerprint density at radius 2 is 1.96 bits per heavy atom. The molecule has 1 heterocycles. The third-order valence-corrected chi connectivity index (χ3v) is 3.53. The number of fused-ring (bicyclic) bond motifs is 1. The van der Waals surface area contributed by atoms with Crippen LogP contribution in [-0.4, -0.2) is 18.8 Å². The van der Waals surface area contributed by atoms with Crippen LogP contribution in [0.1, 0.15) is 15.9 Å². The summed E-state index contributed by atoms with van der Waals surface area (Å²) in [6.07, 6.45) is 0. The molecule has 3 N–H and O–H groups in total. The fourth-order valence-electron chi connectivity index (χ4n) is 2.17. The molecule has 2 aromatic carbocycles. The van der Waals surface area contributed by atoms with Gasteiger partial charge in [-0.05, 0) is 42.0 Å². The van der Waals surface area contributed by atoms with Crippen LogP contribution < -0.4 is 20.5 Å². The van der Waals surface area contributed by atoms with E-state index >= 15 is 0 Å². The number of anilines is 1. The van der Waals surface area contributed by atoms with E-state index in [1.165, 1.54) is 12.1 Å².